The minimum atomic E-state index is 0.0275. The van der Waals surface area contributed by atoms with Gasteiger partial charge in [-0.3, -0.25) is 4.79 Å². The summed E-state index contributed by atoms with van der Waals surface area (Å²) in [6, 6.07) is 0. The molecule has 19 heavy (non-hydrogen) atoms. The lowest BCUT2D eigenvalue weighted by Gasteiger charge is -2.03. The molecule has 102 valence electrons. The average molecular weight is 258 g/mol. The third kappa shape index (κ3) is 2.25. The molecule has 0 aliphatic carbocycles. The number of hydrogen-bond acceptors (Lipinski definition) is 1. The zero-order chi connectivity index (χ0) is 14.2. The Morgan fingerprint density at radius 2 is 1.79 bits per heavy atom. The van der Waals surface area contributed by atoms with Crippen LogP contribution in [0.15, 0.2) is 16.8 Å². The van der Waals surface area contributed by atoms with E-state index in [1.165, 1.54) is 16.8 Å². The second-order valence-electron chi connectivity index (χ2n) is 5.09. The summed E-state index contributed by atoms with van der Waals surface area (Å²) in [4.78, 5) is 15.2. The first kappa shape index (κ1) is 13.7. The number of aromatic nitrogens is 1. The van der Waals surface area contributed by atoms with E-state index < -0.39 is 0 Å². The van der Waals surface area contributed by atoms with Crippen LogP contribution in [0.2, 0.25) is 0 Å². The van der Waals surface area contributed by atoms with Crippen molar-refractivity contribution in [1.82, 2.24) is 10.3 Å². The lowest BCUT2D eigenvalue weighted by molar-refractivity contribution is -0.116. The van der Waals surface area contributed by atoms with Crippen LogP contribution in [-0.4, -0.2) is 10.9 Å². The molecule has 0 unspecified atom stereocenters. The molecule has 0 aromatic carbocycles. The van der Waals surface area contributed by atoms with Gasteiger partial charge in [-0.05, 0) is 56.4 Å². The second kappa shape index (κ2) is 5.08. The molecule has 2 rings (SSSR count). The lowest BCUT2D eigenvalue weighted by atomic mass is 10.0. The van der Waals surface area contributed by atoms with E-state index in [-0.39, 0.29) is 5.91 Å². The molecule has 1 aliphatic rings. The molecule has 2 heterocycles. The quantitative estimate of drug-likeness (QED) is 0.857. The fourth-order valence-electron chi connectivity index (χ4n) is 2.84. The van der Waals surface area contributed by atoms with E-state index in [1.807, 2.05) is 6.92 Å². The summed E-state index contributed by atoms with van der Waals surface area (Å²) >= 11 is 0. The van der Waals surface area contributed by atoms with Crippen LogP contribution in [0.1, 0.15) is 49.7 Å². The number of rotatable bonds is 3. The van der Waals surface area contributed by atoms with Crippen LogP contribution in [0.4, 0.5) is 0 Å². The van der Waals surface area contributed by atoms with Crippen molar-refractivity contribution in [1.29, 1.82) is 0 Å². The van der Waals surface area contributed by atoms with E-state index in [0.29, 0.717) is 0 Å². The van der Waals surface area contributed by atoms with Crippen LogP contribution in [0, 0.1) is 13.8 Å². The van der Waals surface area contributed by atoms with Crippen molar-refractivity contribution in [2.75, 3.05) is 0 Å². The van der Waals surface area contributed by atoms with E-state index in [1.54, 1.807) is 0 Å². The van der Waals surface area contributed by atoms with Crippen LogP contribution in [0.3, 0.4) is 0 Å². The van der Waals surface area contributed by atoms with Crippen molar-refractivity contribution in [2.24, 2.45) is 0 Å². The van der Waals surface area contributed by atoms with Gasteiger partial charge in [-0.15, -0.1) is 0 Å². The van der Waals surface area contributed by atoms with Gasteiger partial charge in [0.2, 0.25) is 0 Å². The highest BCUT2D eigenvalue weighted by Gasteiger charge is 2.22. The minimum absolute atomic E-state index is 0.0275. The molecule has 1 amide bonds. The van der Waals surface area contributed by atoms with E-state index >= 15 is 0 Å². The third-order valence-electron chi connectivity index (χ3n) is 3.99. The number of carbonyl (C=O) groups is 1. The Labute approximate surface area is 114 Å². The van der Waals surface area contributed by atoms with Crippen molar-refractivity contribution < 1.29 is 4.79 Å². The molecule has 0 saturated carbocycles. The van der Waals surface area contributed by atoms with Gasteiger partial charge in [0.25, 0.3) is 5.91 Å². The normalized spacial score (nSPS) is 17.5. The number of carbonyl (C=O) groups excluding carboxylic acids is 1. The number of aryl methyl sites for hydroxylation is 1. The number of nitrogens with one attached hydrogen (secondary N) is 2. The fourth-order valence-corrected chi connectivity index (χ4v) is 2.84. The van der Waals surface area contributed by atoms with Crippen molar-refractivity contribution in [2.45, 2.75) is 47.5 Å². The van der Waals surface area contributed by atoms with Crippen molar-refractivity contribution >= 4 is 12.0 Å². The highest BCUT2D eigenvalue weighted by atomic mass is 16.1. The largest absolute Gasteiger partial charge is 0.359 e. The zero-order valence-electron chi connectivity index (χ0n) is 12.4. The summed E-state index contributed by atoms with van der Waals surface area (Å²) in [5.74, 6) is 0.0275. The monoisotopic (exact) mass is 258 g/mol. The van der Waals surface area contributed by atoms with Gasteiger partial charge >= 0.3 is 0 Å². The molecular formula is C16H22N2O. The highest BCUT2D eigenvalue weighted by Crippen LogP contribution is 2.27. The van der Waals surface area contributed by atoms with E-state index in [4.69, 9.17) is 0 Å². The van der Waals surface area contributed by atoms with Gasteiger partial charge in [0.15, 0.2) is 0 Å². The number of hydrogen-bond donors (Lipinski definition) is 2. The molecule has 1 aliphatic heterocycles. The van der Waals surface area contributed by atoms with Gasteiger partial charge in [0.1, 0.15) is 0 Å². The Hall–Kier alpha value is -1.77. The molecule has 1 aromatic rings. The fraction of sp³-hybridized carbons (Fsp3) is 0.438. The Morgan fingerprint density at radius 1 is 1.11 bits per heavy atom. The predicted octanol–water partition coefficient (Wildman–Crippen LogP) is 3.39. The Morgan fingerprint density at radius 3 is 2.32 bits per heavy atom. The van der Waals surface area contributed by atoms with Crippen LogP contribution in [0.5, 0.6) is 0 Å². The van der Waals surface area contributed by atoms with Crippen LogP contribution >= 0.6 is 0 Å². The smallest absolute Gasteiger partial charge is 0.251 e. The van der Waals surface area contributed by atoms with E-state index in [0.717, 1.165) is 35.4 Å². The molecule has 2 N–H and O–H groups in total. The Kier molecular flexibility index (Phi) is 3.65. The molecular weight excluding hydrogens is 236 g/mol. The lowest BCUT2D eigenvalue weighted by Crippen LogP contribution is -2.15. The van der Waals surface area contributed by atoms with E-state index in [9.17, 15) is 4.79 Å². The number of aromatic amines is 1. The molecule has 0 spiro atoms. The molecule has 3 nitrogen and oxygen atoms in total. The first-order valence-corrected chi connectivity index (χ1v) is 6.90. The second-order valence-corrected chi connectivity index (χ2v) is 5.09. The molecule has 0 radical (unpaired) electrons. The van der Waals surface area contributed by atoms with Gasteiger partial charge < -0.3 is 10.3 Å². The molecule has 3 heteroatoms. The summed E-state index contributed by atoms with van der Waals surface area (Å²) in [6.07, 6.45) is 3.96. The van der Waals surface area contributed by atoms with Crippen molar-refractivity contribution in [3.05, 3.63) is 39.4 Å². The number of allylic oxidation sites excluding steroid dienone is 1. The van der Waals surface area contributed by atoms with Gasteiger partial charge in [-0.1, -0.05) is 13.8 Å². The summed E-state index contributed by atoms with van der Waals surface area (Å²) < 4.78 is 0. The summed E-state index contributed by atoms with van der Waals surface area (Å²) in [5, 5.41) is 2.96. The third-order valence-corrected chi connectivity index (χ3v) is 3.99. The predicted molar refractivity (Wildman–Crippen MR) is 78.8 cm³/mol. The summed E-state index contributed by atoms with van der Waals surface area (Å²) in [6.45, 7) is 10.4. The van der Waals surface area contributed by atoms with Gasteiger partial charge in [-0.25, -0.2) is 0 Å². The van der Waals surface area contributed by atoms with Gasteiger partial charge in [0, 0.05) is 22.7 Å². The maximum atomic E-state index is 11.7. The summed E-state index contributed by atoms with van der Waals surface area (Å²) in [7, 11) is 0. The SMILES string of the molecule is CCC1=C(C)C(=O)N/C1=C\c1[nH]c(C)c(CC)c1C. The minimum Gasteiger partial charge on any atom is -0.359 e. The van der Waals surface area contributed by atoms with E-state index in [2.05, 4.69) is 44.1 Å². The van der Waals surface area contributed by atoms with Gasteiger partial charge in [0.05, 0.1) is 0 Å². The van der Waals surface area contributed by atoms with Gasteiger partial charge in [-0.2, -0.15) is 0 Å². The topological polar surface area (TPSA) is 44.9 Å². The summed E-state index contributed by atoms with van der Waals surface area (Å²) in [5.41, 5.74) is 7.87. The Bertz CT molecular complexity index is 588. The number of H-pyrrole nitrogens is 1. The number of amides is 1. The molecule has 0 atom stereocenters. The maximum absolute atomic E-state index is 11.7. The van der Waals surface area contributed by atoms with Crippen molar-refractivity contribution in [3.8, 4) is 0 Å². The average Bonchev–Trinajstić information content (AvgIpc) is 2.78. The maximum Gasteiger partial charge on any atom is 0.251 e. The molecule has 1 aromatic heterocycles. The first-order chi connectivity index (χ1) is 8.99. The van der Waals surface area contributed by atoms with Crippen LogP contribution < -0.4 is 5.32 Å². The Balaban J connectivity index is 2.46. The standard InChI is InChI=1S/C16H22N2O/c1-6-12-9(3)14(17-11(12)5)8-15-13(7-2)10(4)16(19)18-15/h8,17H,6-7H2,1-5H3,(H,18,19)/b15-8-. The highest BCUT2D eigenvalue weighted by molar-refractivity contribution is 6.00. The van der Waals surface area contributed by atoms with Crippen LogP contribution in [-0.2, 0) is 11.2 Å². The molecule has 0 saturated heterocycles. The van der Waals surface area contributed by atoms with Crippen molar-refractivity contribution in [3.63, 3.8) is 0 Å². The first-order valence-electron chi connectivity index (χ1n) is 6.90. The molecule has 0 bridgehead atoms. The van der Waals surface area contributed by atoms with Crippen LogP contribution in [0.25, 0.3) is 6.08 Å². The molecule has 0 fully saturated rings. The zero-order valence-corrected chi connectivity index (χ0v) is 12.4.